The summed E-state index contributed by atoms with van der Waals surface area (Å²) in [5, 5.41) is 2.29. The van der Waals surface area contributed by atoms with E-state index in [1.165, 1.54) is 5.56 Å². The molecule has 0 aliphatic rings. The van der Waals surface area contributed by atoms with Gasteiger partial charge in [0.1, 0.15) is 0 Å². The normalized spacial score (nSPS) is 11.6. The third-order valence-corrected chi connectivity index (χ3v) is 4.79. The van der Waals surface area contributed by atoms with Crippen LogP contribution in [0.2, 0.25) is 5.02 Å². The monoisotopic (exact) mass is 397 g/mol. The molecule has 1 heterocycles. The Morgan fingerprint density at radius 2 is 1.79 bits per heavy atom. The summed E-state index contributed by atoms with van der Waals surface area (Å²) in [6.07, 6.45) is 1.56. The highest BCUT2D eigenvalue weighted by Crippen LogP contribution is 2.31. The Bertz CT molecular complexity index is 936. The molecular formula is C22H28ClN5. The first kappa shape index (κ1) is 21.7. The lowest BCUT2D eigenvalue weighted by molar-refractivity contribution is 0.253. The molecule has 2 aromatic carbocycles. The summed E-state index contributed by atoms with van der Waals surface area (Å²) < 4.78 is 0. The van der Waals surface area contributed by atoms with Crippen molar-refractivity contribution in [1.29, 1.82) is 0 Å². The fourth-order valence-electron chi connectivity index (χ4n) is 2.96. The van der Waals surface area contributed by atoms with E-state index in [1.54, 1.807) is 6.20 Å². The second-order valence-corrected chi connectivity index (χ2v) is 6.76. The molecule has 28 heavy (non-hydrogen) atoms. The number of nitrogens with zero attached hydrogens (tertiary/aromatic N) is 3. The molecule has 0 spiro atoms. The molecule has 0 fully saturated rings. The molecular weight excluding hydrogens is 370 g/mol. The van der Waals surface area contributed by atoms with Crippen LogP contribution in [0.5, 0.6) is 0 Å². The lowest BCUT2D eigenvalue weighted by Crippen LogP contribution is -2.22. The molecule has 1 aromatic heterocycles. The zero-order valence-corrected chi connectivity index (χ0v) is 17.6. The molecule has 0 saturated carbocycles. The van der Waals surface area contributed by atoms with E-state index in [0.29, 0.717) is 16.9 Å². The number of aliphatic imine (C=N–C) groups is 1. The Labute approximate surface area is 172 Å². The third-order valence-electron chi connectivity index (χ3n) is 4.49. The van der Waals surface area contributed by atoms with Gasteiger partial charge < -0.3 is 11.5 Å². The van der Waals surface area contributed by atoms with Gasteiger partial charge in [-0.1, -0.05) is 67.9 Å². The molecule has 3 rings (SSSR count). The lowest BCUT2D eigenvalue weighted by atomic mass is 10.0. The van der Waals surface area contributed by atoms with Gasteiger partial charge in [0.15, 0.2) is 11.8 Å². The summed E-state index contributed by atoms with van der Waals surface area (Å²) >= 11 is 6.27. The quantitative estimate of drug-likeness (QED) is 0.468. The Balaban J connectivity index is 0.00000136. The lowest BCUT2D eigenvalue weighted by Gasteiger charge is -2.25. The van der Waals surface area contributed by atoms with Crippen molar-refractivity contribution in [3.63, 3.8) is 0 Å². The standard InChI is InChI=1S/C20H22ClN5.C2H6/c1-13(15-6-4-3-5-7-15)26(2)12-14-8-9-16-17(10-14)19(25-20(22)23)24-11-18(16)21;1-2/h3-11,13H,12H2,1-2H3,(H4,22,23,24,25);1-2H3. The highest BCUT2D eigenvalue weighted by Gasteiger charge is 2.13. The maximum absolute atomic E-state index is 6.27. The van der Waals surface area contributed by atoms with Crippen molar-refractivity contribution in [2.45, 2.75) is 33.4 Å². The van der Waals surface area contributed by atoms with Crippen LogP contribution in [0.4, 0.5) is 5.82 Å². The molecule has 0 bridgehead atoms. The summed E-state index contributed by atoms with van der Waals surface area (Å²) in [5.41, 5.74) is 13.5. The smallest absolute Gasteiger partial charge is 0.192 e. The minimum absolute atomic E-state index is 0.0265. The number of hydrogen-bond acceptors (Lipinski definition) is 3. The van der Waals surface area contributed by atoms with E-state index in [9.17, 15) is 0 Å². The molecule has 0 radical (unpaired) electrons. The zero-order valence-electron chi connectivity index (χ0n) is 16.9. The van der Waals surface area contributed by atoms with Crippen LogP contribution in [0.25, 0.3) is 10.8 Å². The Morgan fingerprint density at radius 3 is 2.43 bits per heavy atom. The maximum Gasteiger partial charge on any atom is 0.192 e. The van der Waals surface area contributed by atoms with Crippen LogP contribution in [0, 0.1) is 0 Å². The van der Waals surface area contributed by atoms with Gasteiger partial charge in [0.25, 0.3) is 0 Å². The second kappa shape index (κ2) is 10.1. The molecule has 0 amide bonds. The number of benzene rings is 2. The van der Waals surface area contributed by atoms with Crippen molar-refractivity contribution >= 4 is 34.2 Å². The van der Waals surface area contributed by atoms with Crippen molar-refractivity contribution < 1.29 is 0 Å². The van der Waals surface area contributed by atoms with Gasteiger partial charge >= 0.3 is 0 Å². The predicted molar refractivity (Wildman–Crippen MR) is 120 cm³/mol. The summed E-state index contributed by atoms with van der Waals surface area (Å²) in [4.78, 5) is 10.7. The van der Waals surface area contributed by atoms with Gasteiger partial charge in [-0.2, -0.15) is 4.99 Å². The molecule has 4 N–H and O–H groups in total. The molecule has 6 heteroatoms. The van der Waals surface area contributed by atoms with Crippen molar-refractivity contribution in [2.75, 3.05) is 7.05 Å². The van der Waals surface area contributed by atoms with Crippen LogP contribution in [0.15, 0.2) is 59.7 Å². The molecule has 0 saturated heterocycles. The second-order valence-electron chi connectivity index (χ2n) is 6.35. The summed E-state index contributed by atoms with van der Waals surface area (Å²) in [5.74, 6) is 0.450. The van der Waals surface area contributed by atoms with Gasteiger partial charge in [-0.25, -0.2) is 4.98 Å². The predicted octanol–water partition coefficient (Wildman–Crippen LogP) is 5.01. The van der Waals surface area contributed by atoms with E-state index in [4.69, 9.17) is 23.1 Å². The van der Waals surface area contributed by atoms with Crippen molar-refractivity contribution in [3.8, 4) is 0 Å². The first-order valence-corrected chi connectivity index (χ1v) is 9.75. The SMILES string of the molecule is CC.CC(c1ccccc1)N(C)Cc1ccc2c(Cl)cnc(N=C(N)N)c2c1. The minimum atomic E-state index is -0.0265. The van der Waals surface area contributed by atoms with Gasteiger partial charge in [-0.3, -0.25) is 4.90 Å². The number of pyridine rings is 1. The summed E-state index contributed by atoms with van der Waals surface area (Å²) in [6, 6.07) is 16.8. The van der Waals surface area contributed by atoms with E-state index < -0.39 is 0 Å². The van der Waals surface area contributed by atoms with E-state index >= 15 is 0 Å². The van der Waals surface area contributed by atoms with Gasteiger partial charge in [-0.15, -0.1) is 0 Å². The molecule has 148 valence electrons. The third kappa shape index (κ3) is 5.21. The Morgan fingerprint density at radius 1 is 1.11 bits per heavy atom. The fraction of sp³-hybridized carbons (Fsp3) is 0.273. The van der Waals surface area contributed by atoms with E-state index in [2.05, 4.69) is 59.2 Å². The Hall–Kier alpha value is -2.63. The number of rotatable bonds is 5. The van der Waals surface area contributed by atoms with Gasteiger partial charge in [-0.05, 0) is 31.2 Å². The van der Waals surface area contributed by atoms with E-state index in [1.807, 2.05) is 32.0 Å². The number of nitrogens with two attached hydrogens (primary N) is 2. The molecule has 1 atom stereocenters. The number of aromatic nitrogens is 1. The van der Waals surface area contributed by atoms with Crippen LogP contribution in [0.1, 0.15) is 37.9 Å². The van der Waals surface area contributed by atoms with Gasteiger partial charge in [0.2, 0.25) is 0 Å². The highest BCUT2D eigenvalue weighted by molar-refractivity contribution is 6.35. The first-order chi connectivity index (χ1) is 13.5. The van der Waals surface area contributed by atoms with Crippen molar-refractivity contribution in [2.24, 2.45) is 16.5 Å². The van der Waals surface area contributed by atoms with Gasteiger partial charge in [0.05, 0.1) is 5.02 Å². The van der Waals surface area contributed by atoms with Crippen LogP contribution >= 0.6 is 11.6 Å². The highest BCUT2D eigenvalue weighted by atomic mass is 35.5. The number of hydrogen-bond donors (Lipinski definition) is 2. The molecule has 3 aromatic rings. The fourth-order valence-corrected chi connectivity index (χ4v) is 3.18. The van der Waals surface area contributed by atoms with Crippen LogP contribution < -0.4 is 11.5 Å². The largest absolute Gasteiger partial charge is 0.370 e. The molecule has 0 aliphatic carbocycles. The van der Waals surface area contributed by atoms with Gasteiger partial charge in [0, 0.05) is 29.6 Å². The zero-order chi connectivity index (χ0) is 20.7. The van der Waals surface area contributed by atoms with E-state index in [-0.39, 0.29) is 5.96 Å². The van der Waals surface area contributed by atoms with Crippen molar-refractivity contribution in [1.82, 2.24) is 9.88 Å². The topological polar surface area (TPSA) is 80.5 Å². The van der Waals surface area contributed by atoms with Crippen LogP contribution in [0.3, 0.4) is 0 Å². The number of halogens is 1. The molecule has 1 unspecified atom stereocenters. The number of guanidine groups is 1. The summed E-state index contributed by atoms with van der Waals surface area (Å²) in [6.45, 7) is 6.97. The average molecular weight is 398 g/mol. The van der Waals surface area contributed by atoms with Crippen LogP contribution in [-0.4, -0.2) is 22.9 Å². The van der Waals surface area contributed by atoms with E-state index in [0.717, 1.165) is 22.9 Å². The molecule has 5 nitrogen and oxygen atoms in total. The van der Waals surface area contributed by atoms with Crippen LogP contribution in [-0.2, 0) is 6.54 Å². The average Bonchev–Trinajstić information content (AvgIpc) is 2.71. The maximum atomic E-state index is 6.27. The first-order valence-electron chi connectivity index (χ1n) is 9.37. The number of fused-ring (bicyclic) bond motifs is 1. The summed E-state index contributed by atoms with van der Waals surface area (Å²) in [7, 11) is 2.11. The minimum Gasteiger partial charge on any atom is -0.370 e. The van der Waals surface area contributed by atoms with Crippen molar-refractivity contribution in [3.05, 3.63) is 70.9 Å². The molecule has 0 aliphatic heterocycles. The Kier molecular flexibility index (Phi) is 7.79.